The molecule has 8 heteroatoms. The van der Waals surface area contributed by atoms with Crippen molar-refractivity contribution in [3.8, 4) is 11.5 Å². The summed E-state index contributed by atoms with van der Waals surface area (Å²) in [6.45, 7) is 4.64. The minimum absolute atomic E-state index is 0.0462. The van der Waals surface area contributed by atoms with Crippen LogP contribution < -0.4 is 19.3 Å². The molecule has 0 aromatic heterocycles. The smallest absolute Gasteiger partial charge is 0.316 e. The number of nitrogens with zero attached hydrogens (tertiary/aromatic N) is 2. The first-order chi connectivity index (χ1) is 17.4. The highest BCUT2D eigenvalue weighted by Crippen LogP contribution is 2.40. The topological polar surface area (TPSA) is 93.2 Å². The second kappa shape index (κ2) is 9.60. The molecule has 0 N–H and O–H groups in total. The van der Waals surface area contributed by atoms with Gasteiger partial charge in [0.15, 0.2) is 0 Å². The van der Waals surface area contributed by atoms with Gasteiger partial charge in [0, 0.05) is 24.7 Å². The van der Waals surface area contributed by atoms with Gasteiger partial charge >= 0.3 is 5.97 Å². The van der Waals surface area contributed by atoms with E-state index >= 15 is 0 Å². The summed E-state index contributed by atoms with van der Waals surface area (Å²) in [5.41, 5.74) is 2.20. The molecule has 36 heavy (non-hydrogen) atoms. The molecule has 2 saturated heterocycles. The summed E-state index contributed by atoms with van der Waals surface area (Å²) in [6.07, 6.45) is 3.21. The van der Waals surface area contributed by atoms with Gasteiger partial charge in [-0.25, -0.2) is 4.90 Å². The highest BCUT2D eigenvalue weighted by Gasteiger charge is 2.48. The molecule has 3 amide bonds. The summed E-state index contributed by atoms with van der Waals surface area (Å²) in [5.74, 6) is -1.48. The number of anilines is 2. The molecule has 3 atom stereocenters. The first-order valence-corrected chi connectivity index (χ1v) is 12.2. The summed E-state index contributed by atoms with van der Waals surface area (Å²) >= 11 is 0. The van der Waals surface area contributed by atoms with Gasteiger partial charge in [0.05, 0.1) is 30.0 Å². The fourth-order valence-corrected chi connectivity index (χ4v) is 5.18. The largest absolute Gasteiger partial charge is 0.494 e. The van der Waals surface area contributed by atoms with E-state index in [4.69, 9.17) is 9.47 Å². The quantitative estimate of drug-likeness (QED) is 0.265. The Kier molecular flexibility index (Phi) is 6.35. The van der Waals surface area contributed by atoms with Crippen molar-refractivity contribution in [1.82, 2.24) is 0 Å². The lowest BCUT2D eigenvalue weighted by Gasteiger charge is -2.18. The number of benzene rings is 2. The maximum absolute atomic E-state index is 13.0. The molecular formula is C28H28N2O6. The zero-order chi connectivity index (χ0) is 25.4. The maximum atomic E-state index is 13.0. The standard InChI is InChI=1S/C28H28N2O6/c1-3-35-21-10-8-19(9-11-21)29-16-18(14-25(29)31)28(34)36-22-6-4-5-20(15-22)30-26(32)23-12-7-17(2)13-24(23)27(30)33/h4-11,15,18,23-24H,3,12-14,16H2,1-2H3. The number of allylic oxidation sites excluding steroid dienone is 2. The first kappa shape index (κ1) is 23.8. The Bertz CT molecular complexity index is 1250. The van der Waals surface area contributed by atoms with Crippen LogP contribution in [0.25, 0.3) is 0 Å². The summed E-state index contributed by atoms with van der Waals surface area (Å²) in [4.78, 5) is 54.3. The fraction of sp³-hybridized carbons (Fsp3) is 0.357. The van der Waals surface area contributed by atoms with E-state index in [1.165, 1.54) is 11.0 Å². The molecule has 186 valence electrons. The highest BCUT2D eigenvalue weighted by molar-refractivity contribution is 6.22. The van der Waals surface area contributed by atoms with Crippen molar-refractivity contribution < 1.29 is 28.7 Å². The Morgan fingerprint density at radius 2 is 1.69 bits per heavy atom. The molecule has 2 aromatic rings. The number of imide groups is 1. The summed E-state index contributed by atoms with van der Waals surface area (Å²) in [6, 6.07) is 13.6. The SMILES string of the molecule is CCOc1ccc(N2CC(C(=O)Oc3cccc(N4C(=O)C5CC=C(C)CC5C4=O)c3)CC2=O)cc1. The van der Waals surface area contributed by atoms with E-state index in [-0.39, 0.29) is 48.3 Å². The molecule has 3 unspecified atom stereocenters. The molecule has 0 radical (unpaired) electrons. The van der Waals surface area contributed by atoms with Gasteiger partial charge in [-0.05, 0) is 63.1 Å². The van der Waals surface area contributed by atoms with Crippen molar-refractivity contribution in [2.45, 2.75) is 33.1 Å². The fourth-order valence-electron chi connectivity index (χ4n) is 5.18. The van der Waals surface area contributed by atoms with Crippen molar-refractivity contribution in [3.63, 3.8) is 0 Å². The van der Waals surface area contributed by atoms with Crippen LogP contribution >= 0.6 is 0 Å². The van der Waals surface area contributed by atoms with Crippen molar-refractivity contribution in [1.29, 1.82) is 0 Å². The number of rotatable bonds is 6. The molecule has 3 aliphatic rings. The molecule has 2 aliphatic heterocycles. The van der Waals surface area contributed by atoms with Crippen LogP contribution in [0.2, 0.25) is 0 Å². The van der Waals surface area contributed by atoms with E-state index in [0.717, 1.165) is 5.57 Å². The van der Waals surface area contributed by atoms with Crippen LogP contribution in [-0.2, 0) is 19.2 Å². The number of carbonyl (C=O) groups is 4. The number of ether oxygens (including phenoxy) is 2. The third kappa shape index (κ3) is 4.39. The number of carbonyl (C=O) groups excluding carboxylic acids is 4. The second-order valence-electron chi connectivity index (χ2n) is 9.47. The van der Waals surface area contributed by atoms with Crippen molar-refractivity contribution >= 4 is 35.1 Å². The monoisotopic (exact) mass is 488 g/mol. The zero-order valence-corrected chi connectivity index (χ0v) is 20.3. The highest BCUT2D eigenvalue weighted by atomic mass is 16.5. The van der Waals surface area contributed by atoms with E-state index in [9.17, 15) is 19.2 Å². The van der Waals surface area contributed by atoms with Gasteiger partial charge in [-0.1, -0.05) is 17.7 Å². The molecule has 5 rings (SSSR count). The van der Waals surface area contributed by atoms with Crippen LogP contribution in [0, 0.1) is 17.8 Å². The van der Waals surface area contributed by atoms with E-state index in [1.54, 1.807) is 47.4 Å². The third-order valence-corrected chi connectivity index (χ3v) is 7.04. The molecule has 2 heterocycles. The maximum Gasteiger partial charge on any atom is 0.316 e. The Morgan fingerprint density at radius 3 is 2.44 bits per heavy atom. The van der Waals surface area contributed by atoms with Crippen molar-refractivity contribution in [2.75, 3.05) is 23.0 Å². The van der Waals surface area contributed by atoms with Gasteiger partial charge in [-0.3, -0.25) is 19.2 Å². The molecule has 2 aromatic carbocycles. The minimum atomic E-state index is -0.625. The summed E-state index contributed by atoms with van der Waals surface area (Å²) < 4.78 is 11.0. The average Bonchev–Trinajstić information content (AvgIpc) is 3.37. The number of esters is 1. The number of fused-ring (bicyclic) bond motifs is 1. The van der Waals surface area contributed by atoms with E-state index < -0.39 is 11.9 Å². The molecule has 1 aliphatic carbocycles. The lowest BCUT2D eigenvalue weighted by molar-refractivity contribution is -0.139. The van der Waals surface area contributed by atoms with Crippen LogP contribution in [0.15, 0.2) is 60.2 Å². The predicted molar refractivity (Wildman–Crippen MR) is 133 cm³/mol. The second-order valence-corrected chi connectivity index (χ2v) is 9.47. The first-order valence-electron chi connectivity index (χ1n) is 12.2. The van der Waals surface area contributed by atoms with Crippen LogP contribution in [0.4, 0.5) is 11.4 Å². The normalized spacial score (nSPS) is 23.6. The average molecular weight is 489 g/mol. The van der Waals surface area contributed by atoms with Gasteiger partial charge in [0.25, 0.3) is 0 Å². The summed E-state index contributed by atoms with van der Waals surface area (Å²) in [7, 11) is 0. The van der Waals surface area contributed by atoms with Gasteiger partial charge in [-0.2, -0.15) is 0 Å². The van der Waals surface area contributed by atoms with Gasteiger partial charge in [0.1, 0.15) is 11.5 Å². The van der Waals surface area contributed by atoms with Gasteiger partial charge < -0.3 is 14.4 Å². The van der Waals surface area contributed by atoms with Gasteiger partial charge in [0.2, 0.25) is 17.7 Å². The summed E-state index contributed by atoms with van der Waals surface area (Å²) in [5, 5.41) is 0. The predicted octanol–water partition coefficient (Wildman–Crippen LogP) is 3.89. The Labute approximate surface area is 209 Å². The Morgan fingerprint density at radius 1 is 0.944 bits per heavy atom. The van der Waals surface area contributed by atoms with Crippen molar-refractivity contribution in [3.05, 3.63) is 60.2 Å². The number of hydrogen-bond acceptors (Lipinski definition) is 6. The molecule has 0 spiro atoms. The van der Waals surface area contributed by atoms with Crippen LogP contribution in [0.3, 0.4) is 0 Å². The number of amides is 3. The Hall–Kier alpha value is -3.94. The van der Waals surface area contributed by atoms with Crippen LogP contribution in [-0.4, -0.2) is 36.8 Å². The van der Waals surface area contributed by atoms with Crippen LogP contribution in [0.5, 0.6) is 11.5 Å². The van der Waals surface area contributed by atoms with E-state index in [1.807, 2.05) is 19.9 Å². The lowest BCUT2D eigenvalue weighted by atomic mass is 9.82. The van der Waals surface area contributed by atoms with Gasteiger partial charge in [-0.15, -0.1) is 0 Å². The zero-order valence-electron chi connectivity index (χ0n) is 20.3. The Balaban J connectivity index is 1.26. The van der Waals surface area contributed by atoms with Crippen LogP contribution in [0.1, 0.15) is 33.1 Å². The van der Waals surface area contributed by atoms with E-state index in [2.05, 4.69) is 0 Å². The number of hydrogen-bond donors (Lipinski definition) is 0. The minimum Gasteiger partial charge on any atom is -0.494 e. The molecule has 0 bridgehead atoms. The molecule has 8 nitrogen and oxygen atoms in total. The van der Waals surface area contributed by atoms with Crippen molar-refractivity contribution in [2.24, 2.45) is 17.8 Å². The molecule has 2 fully saturated rings. The van der Waals surface area contributed by atoms with E-state index in [0.29, 0.717) is 36.6 Å². The third-order valence-electron chi connectivity index (χ3n) is 7.04. The molecular weight excluding hydrogens is 460 g/mol. The molecule has 0 saturated carbocycles. The lowest BCUT2D eigenvalue weighted by Crippen LogP contribution is -2.31.